The molecule has 1 aromatic heterocycles. The van der Waals surface area contributed by atoms with Crippen molar-refractivity contribution >= 4 is 40.8 Å². The summed E-state index contributed by atoms with van der Waals surface area (Å²) in [7, 11) is 0. The lowest BCUT2D eigenvalue weighted by Gasteiger charge is -2.20. The summed E-state index contributed by atoms with van der Waals surface area (Å²) in [6.07, 6.45) is 10.7. The molecule has 4 nitrogen and oxygen atoms in total. The highest BCUT2D eigenvalue weighted by Crippen LogP contribution is 2.27. The average molecular weight is 332 g/mol. The second kappa shape index (κ2) is 8.89. The predicted octanol–water partition coefficient (Wildman–Crippen LogP) is 3.58. The quantitative estimate of drug-likeness (QED) is 0.836. The third kappa shape index (κ3) is 5.61. The lowest BCUT2D eigenvalue weighted by Crippen LogP contribution is -2.36. The van der Waals surface area contributed by atoms with Crippen molar-refractivity contribution in [2.45, 2.75) is 59.7 Å². The zero-order chi connectivity index (χ0) is 14.2. The number of aromatic nitrogens is 2. The first-order valence-electron chi connectivity index (χ1n) is 7.07. The lowest BCUT2D eigenvalue weighted by molar-refractivity contribution is -0.119. The van der Waals surface area contributed by atoms with Crippen LogP contribution < -0.4 is 5.32 Å². The van der Waals surface area contributed by atoms with Gasteiger partial charge in [0.25, 0.3) is 0 Å². The van der Waals surface area contributed by atoms with Crippen molar-refractivity contribution < 1.29 is 4.79 Å². The van der Waals surface area contributed by atoms with Crippen molar-refractivity contribution in [3.05, 3.63) is 0 Å². The third-order valence-electron chi connectivity index (χ3n) is 3.36. The molecule has 0 radical (unpaired) electrons. The Bertz CT molecular complexity index is 417. The number of amides is 1. The van der Waals surface area contributed by atoms with E-state index in [1.54, 1.807) is 23.1 Å². The van der Waals surface area contributed by atoms with Gasteiger partial charge >= 0.3 is 0 Å². The summed E-state index contributed by atoms with van der Waals surface area (Å²) >= 11 is 4.62. The molecule has 1 N–H and O–H groups in total. The molecule has 0 bridgehead atoms. The number of carbonyl (C=O) groups is 1. The van der Waals surface area contributed by atoms with Gasteiger partial charge in [-0.3, -0.25) is 4.79 Å². The Hall–Kier alpha value is -0.270. The predicted molar refractivity (Wildman–Crippen MR) is 86.7 cm³/mol. The number of rotatable bonds is 5. The van der Waals surface area contributed by atoms with E-state index in [-0.39, 0.29) is 5.91 Å². The zero-order valence-electron chi connectivity index (χ0n) is 11.8. The molecule has 1 aromatic rings. The number of hydrogen-bond donors (Lipinski definition) is 1. The van der Waals surface area contributed by atoms with Crippen LogP contribution in [0.3, 0.4) is 0 Å². The first-order chi connectivity index (χ1) is 9.78. The molecule has 20 heavy (non-hydrogen) atoms. The molecule has 0 unspecified atom stereocenters. The van der Waals surface area contributed by atoms with Crippen molar-refractivity contribution in [3.8, 4) is 0 Å². The van der Waals surface area contributed by atoms with Crippen LogP contribution in [0.25, 0.3) is 0 Å². The number of carbonyl (C=O) groups excluding carboxylic acids is 1. The minimum atomic E-state index is 0.126. The van der Waals surface area contributed by atoms with Gasteiger partial charge in [0.1, 0.15) is 0 Å². The average Bonchev–Trinajstić information content (AvgIpc) is 2.87. The Morgan fingerprint density at radius 2 is 1.85 bits per heavy atom. The Kier molecular flexibility index (Phi) is 7.16. The van der Waals surface area contributed by atoms with Gasteiger partial charge in [-0.15, -0.1) is 10.2 Å². The SMILES string of the molecule is CSc1nnc(SCC(=O)NC2CCCCCCC2)s1. The summed E-state index contributed by atoms with van der Waals surface area (Å²) < 4.78 is 1.83. The van der Waals surface area contributed by atoms with Gasteiger partial charge in [-0.2, -0.15) is 0 Å². The van der Waals surface area contributed by atoms with E-state index in [4.69, 9.17) is 0 Å². The van der Waals surface area contributed by atoms with Gasteiger partial charge in [-0.05, 0) is 19.1 Å². The molecule has 1 amide bonds. The van der Waals surface area contributed by atoms with Crippen molar-refractivity contribution in [2.75, 3.05) is 12.0 Å². The minimum absolute atomic E-state index is 0.126. The fourth-order valence-corrected chi connectivity index (χ4v) is 4.58. The maximum atomic E-state index is 12.0. The molecule has 7 heteroatoms. The molecule has 0 aromatic carbocycles. The summed E-state index contributed by atoms with van der Waals surface area (Å²) in [6, 6.07) is 0.375. The number of hydrogen-bond acceptors (Lipinski definition) is 6. The van der Waals surface area contributed by atoms with Gasteiger partial charge in [0.15, 0.2) is 8.68 Å². The van der Waals surface area contributed by atoms with E-state index in [9.17, 15) is 4.79 Å². The molecule has 0 atom stereocenters. The normalized spacial score (nSPS) is 17.4. The molecule has 1 heterocycles. The number of nitrogens with one attached hydrogen (secondary N) is 1. The van der Waals surface area contributed by atoms with E-state index >= 15 is 0 Å². The summed E-state index contributed by atoms with van der Waals surface area (Å²) in [5.74, 6) is 0.570. The molecule has 0 saturated heterocycles. The van der Waals surface area contributed by atoms with Crippen LogP contribution in [0.1, 0.15) is 44.9 Å². The summed E-state index contributed by atoms with van der Waals surface area (Å²) in [6.45, 7) is 0. The maximum Gasteiger partial charge on any atom is 0.230 e. The Morgan fingerprint density at radius 3 is 2.50 bits per heavy atom. The van der Waals surface area contributed by atoms with Gasteiger partial charge in [0.2, 0.25) is 5.91 Å². The van der Waals surface area contributed by atoms with Crippen LogP contribution in [0.2, 0.25) is 0 Å². The highest BCUT2D eigenvalue weighted by Gasteiger charge is 2.14. The zero-order valence-corrected chi connectivity index (χ0v) is 14.2. The van der Waals surface area contributed by atoms with Crippen LogP contribution in [-0.4, -0.2) is 34.2 Å². The van der Waals surface area contributed by atoms with Crippen LogP contribution >= 0.6 is 34.9 Å². The molecule has 1 saturated carbocycles. The summed E-state index contributed by atoms with van der Waals surface area (Å²) in [5.41, 5.74) is 0. The Morgan fingerprint density at radius 1 is 1.20 bits per heavy atom. The lowest BCUT2D eigenvalue weighted by atomic mass is 9.97. The number of nitrogens with zero attached hydrogens (tertiary/aromatic N) is 2. The summed E-state index contributed by atoms with van der Waals surface area (Å²) in [5, 5.41) is 11.3. The van der Waals surface area contributed by atoms with Crippen LogP contribution in [0, 0.1) is 0 Å². The van der Waals surface area contributed by atoms with Crippen molar-refractivity contribution in [1.29, 1.82) is 0 Å². The smallest absolute Gasteiger partial charge is 0.230 e. The van der Waals surface area contributed by atoms with Crippen molar-refractivity contribution in [1.82, 2.24) is 15.5 Å². The minimum Gasteiger partial charge on any atom is -0.353 e. The van der Waals surface area contributed by atoms with Crippen LogP contribution in [0.5, 0.6) is 0 Å². The van der Waals surface area contributed by atoms with E-state index in [2.05, 4.69) is 15.5 Å². The standard InChI is InChI=1S/C13H21N3OS3/c1-18-12-15-16-13(20-12)19-9-11(17)14-10-7-5-3-2-4-6-8-10/h10H,2-9H2,1H3,(H,14,17). The molecule has 0 spiro atoms. The van der Waals surface area contributed by atoms with E-state index in [1.165, 1.54) is 43.9 Å². The molecular formula is C13H21N3OS3. The molecule has 0 aliphatic heterocycles. The molecule has 1 aliphatic rings. The molecule has 1 aliphatic carbocycles. The topological polar surface area (TPSA) is 54.9 Å². The fraction of sp³-hybridized carbons (Fsp3) is 0.769. The van der Waals surface area contributed by atoms with Gasteiger partial charge in [-0.1, -0.05) is 67.0 Å². The van der Waals surface area contributed by atoms with Gasteiger partial charge in [-0.25, -0.2) is 0 Å². The third-order valence-corrected chi connectivity index (χ3v) is 6.39. The second-order valence-corrected chi connectivity index (χ2v) is 8.19. The van der Waals surface area contributed by atoms with Crippen molar-refractivity contribution in [2.24, 2.45) is 0 Å². The highest BCUT2D eigenvalue weighted by atomic mass is 32.2. The molecule has 1 fully saturated rings. The van der Waals surface area contributed by atoms with Gasteiger partial charge in [0, 0.05) is 6.04 Å². The van der Waals surface area contributed by atoms with Gasteiger partial charge < -0.3 is 5.32 Å². The van der Waals surface area contributed by atoms with E-state index in [0.29, 0.717) is 11.8 Å². The van der Waals surface area contributed by atoms with E-state index < -0.39 is 0 Å². The summed E-state index contributed by atoms with van der Waals surface area (Å²) in [4.78, 5) is 12.0. The Balaban J connectivity index is 1.71. The van der Waals surface area contributed by atoms with Crippen molar-refractivity contribution in [3.63, 3.8) is 0 Å². The largest absolute Gasteiger partial charge is 0.353 e. The van der Waals surface area contributed by atoms with Crippen LogP contribution in [0.4, 0.5) is 0 Å². The fourth-order valence-electron chi connectivity index (χ4n) is 2.34. The van der Waals surface area contributed by atoms with Gasteiger partial charge in [0.05, 0.1) is 5.75 Å². The maximum absolute atomic E-state index is 12.0. The van der Waals surface area contributed by atoms with E-state index in [1.807, 2.05) is 6.26 Å². The number of thioether (sulfide) groups is 2. The van der Waals surface area contributed by atoms with Crippen LogP contribution in [-0.2, 0) is 4.79 Å². The van der Waals surface area contributed by atoms with Crippen LogP contribution in [0.15, 0.2) is 8.68 Å². The second-order valence-electron chi connectivity index (χ2n) is 4.94. The first kappa shape index (κ1) is 16.1. The van der Waals surface area contributed by atoms with E-state index in [0.717, 1.165) is 21.5 Å². The molecule has 2 rings (SSSR count). The molecular weight excluding hydrogens is 310 g/mol. The highest BCUT2D eigenvalue weighted by molar-refractivity contribution is 8.03. The Labute approximate surface area is 132 Å². The monoisotopic (exact) mass is 331 g/mol. The first-order valence-corrected chi connectivity index (χ1v) is 10.1. The molecule has 112 valence electrons.